The predicted octanol–water partition coefficient (Wildman–Crippen LogP) is 4.49. The molecule has 0 aliphatic carbocycles. The second kappa shape index (κ2) is 7.78. The largest absolute Gasteiger partial charge is 0.518 e. The van der Waals surface area contributed by atoms with Crippen molar-refractivity contribution in [3.8, 4) is 22.6 Å². The molecule has 0 saturated heterocycles. The second-order valence-electron chi connectivity index (χ2n) is 4.86. The van der Waals surface area contributed by atoms with Gasteiger partial charge in [0.15, 0.2) is 0 Å². The minimum absolute atomic E-state index is 0.338. The van der Waals surface area contributed by atoms with E-state index in [1.807, 2.05) is 12.1 Å². The normalized spacial score (nSPS) is 9.71. The molecule has 0 amide bonds. The minimum Gasteiger partial charge on any atom is -0.423 e. The summed E-state index contributed by atoms with van der Waals surface area (Å²) in [7, 11) is 0. The van der Waals surface area contributed by atoms with Gasteiger partial charge in [-0.15, -0.1) is 0 Å². The maximum Gasteiger partial charge on any atom is 0.518 e. The van der Waals surface area contributed by atoms with Gasteiger partial charge in [-0.25, -0.2) is 9.59 Å². The van der Waals surface area contributed by atoms with Crippen LogP contribution in [0.2, 0.25) is 0 Å². The summed E-state index contributed by atoms with van der Waals surface area (Å²) in [5, 5.41) is 0. The Morgan fingerprint density at radius 2 is 1.33 bits per heavy atom. The van der Waals surface area contributed by atoms with Crippen LogP contribution in [0.15, 0.2) is 73.5 Å². The lowest BCUT2D eigenvalue weighted by molar-refractivity contribution is -0.130. The van der Waals surface area contributed by atoms with Crippen LogP contribution in [0.1, 0.15) is 6.92 Å². The lowest BCUT2D eigenvalue weighted by Gasteiger charge is -2.07. The monoisotopic (exact) mass is 324 g/mol. The van der Waals surface area contributed by atoms with Gasteiger partial charge >= 0.3 is 12.1 Å². The molecule has 0 atom stereocenters. The molecule has 2 aromatic rings. The zero-order chi connectivity index (χ0) is 17.5. The SMILES string of the molecule is C=COC(=O)Oc1ccc(-c2ccc(OC(=O)C(=C)C)cc2)cc1. The number of benzene rings is 2. The molecule has 5 heteroatoms. The highest BCUT2D eigenvalue weighted by Gasteiger charge is 2.07. The van der Waals surface area contributed by atoms with Gasteiger partial charge in [0, 0.05) is 5.57 Å². The van der Waals surface area contributed by atoms with Crippen molar-refractivity contribution in [2.24, 2.45) is 0 Å². The standard InChI is InChI=1S/C19H16O5/c1-4-22-19(21)24-17-11-7-15(8-12-17)14-5-9-16(10-6-14)23-18(20)13(2)3/h4-12H,1-2H2,3H3. The molecule has 0 unspecified atom stereocenters. The van der Waals surface area contributed by atoms with Gasteiger partial charge in [-0.3, -0.25) is 0 Å². The van der Waals surface area contributed by atoms with Crippen LogP contribution in [0.25, 0.3) is 11.1 Å². The molecule has 24 heavy (non-hydrogen) atoms. The molecule has 0 fully saturated rings. The Kier molecular flexibility index (Phi) is 5.52. The summed E-state index contributed by atoms with van der Waals surface area (Å²) >= 11 is 0. The molecule has 0 aliphatic heterocycles. The molecule has 0 N–H and O–H groups in total. The van der Waals surface area contributed by atoms with Crippen molar-refractivity contribution in [2.45, 2.75) is 6.92 Å². The van der Waals surface area contributed by atoms with Crippen molar-refractivity contribution in [3.05, 3.63) is 73.5 Å². The minimum atomic E-state index is -0.846. The molecule has 0 spiro atoms. The van der Waals surface area contributed by atoms with Crippen molar-refractivity contribution in [2.75, 3.05) is 0 Å². The van der Waals surface area contributed by atoms with Crippen LogP contribution in [0.4, 0.5) is 4.79 Å². The molecule has 0 aliphatic rings. The molecule has 0 heterocycles. The Morgan fingerprint density at radius 1 is 0.875 bits per heavy atom. The van der Waals surface area contributed by atoms with Gasteiger partial charge in [0.05, 0.1) is 6.26 Å². The number of rotatable bonds is 5. The van der Waals surface area contributed by atoms with Crippen LogP contribution in [0.3, 0.4) is 0 Å². The number of carbonyl (C=O) groups excluding carboxylic acids is 2. The average molecular weight is 324 g/mol. The fraction of sp³-hybridized carbons (Fsp3) is 0.0526. The van der Waals surface area contributed by atoms with Gasteiger partial charge in [-0.2, -0.15) is 0 Å². The number of carbonyl (C=O) groups is 2. The van der Waals surface area contributed by atoms with Gasteiger partial charge in [0.2, 0.25) is 0 Å². The van der Waals surface area contributed by atoms with Crippen molar-refractivity contribution >= 4 is 12.1 Å². The highest BCUT2D eigenvalue weighted by molar-refractivity contribution is 5.88. The summed E-state index contributed by atoms with van der Waals surface area (Å²) in [6.45, 7) is 8.39. The first-order valence-corrected chi connectivity index (χ1v) is 7.07. The van der Waals surface area contributed by atoms with Crippen molar-refractivity contribution in [3.63, 3.8) is 0 Å². The smallest absolute Gasteiger partial charge is 0.423 e. The molecule has 122 valence electrons. The number of ether oxygens (including phenoxy) is 3. The van der Waals surface area contributed by atoms with Gasteiger partial charge in [-0.1, -0.05) is 37.4 Å². The summed E-state index contributed by atoms with van der Waals surface area (Å²) in [5.74, 6) is 0.340. The Morgan fingerprint density at radius 3 is 1.75 bits per heavy atom. The zero-order valence-electron chi connectivity index (χ0n) is 13.2. The maximum atomic E-state index is 11.5. The van der Waals surface area contributed by atoms with E-state index in [2.05, 4.69) is 17.9 Å². The first-order valence-electron chi connectivity index (χ1n) is 7.07. The van der Waals surface area contributed by atoms with E-state index < -0.39 is 12.1 Å². The summed E-state index contributed by atoms with van der Waals surface area (Å²) < 4.78 is 14.5. The van der Waals surface area contributed by atoms with Gasteiger partial charge in [-0.05, 0) is 42.3 Å². The van der Waals surface area contributed by atoms with E-state index >= 15 is 0 Å². The van der Waals surface area contributed by atoms with Crippen LogP contribution in [-0.4, -0.2) is 12.1 Å². The fourth-order valence-electron chi connectivity index (χ4n) is 1.81. The van der Waals surface area contributed by atoms with Crippen molar-refractivity contribution in [1.82, 2.24) is 0 Å². The van der Waals surface area contributed by atoms with Crippen molar-refractivity contribution < 1.29 is 23.8 Å². The molecule has 0 saturated carbocycles. The van der Waals surface area contributed by atoms with Gasteiger partial charge in [0.25, 0.3) is 0 Å². The summed E-state index contributed by atoms with van der Waals surface area (Å²) in [6.07, 6.45) is 0.153. The van der Waals surface area contributed by atoms with E-state index in [1.54, 1.807) is 43.3 Å². The molecule has 2 rings (SSSR count). The summed E-state index contributed by atoms with van der Waals surface area (Å²) in [4.78, 5) is 22.6. The highest BCUT2D eigenvalue weighted by Crippen LogP contribution is 2.25. The first kappa shape index (κ1) is 17.0. The molecule has 0 radical (unpaired) electrons. The predicted molar refractivity (Wildman–Crippen MR) is 89.6 cm³/mol. The van der Waals surface area contributed by atoms with Crippen LogP contribution < -0.4 is 9.47 Å². The van der Waals surface area contributed by atoms with E-state index in [0.29, 0.717) is 17.1 Å². The maximum absolute atomic E-state index is 11.5. The molecule has 5 nitrogen and oxygen atoms in total. The lowest BCUT2D eigenvalue weighted by atomic mass is 10.1. The number of hydrogen-bond donors (Lipinski definition) is 0. The Hall–Kier alpha value is -3.34. The molecule has 2 aromatic carbocycles. The highest BCUT2D eigenvalue weighted by atomic mass is 16.7. The van der Waals surface area contributed by atoms with Crippen molar-refractivity contribution in [1.29, 1.82) is 0 Å². The first-order chi connectivity index (χ1) is 11.5. The van der Waals surface area contributed by atoms with E-state index in [1.165, 1.54) is 0 Å². The second-order valence-corrected chi connectivity index (χ2v) is 4.86. The van der Waals surface area contributed by atoms with Crippen LogP contribution in [0.5, 0.6) is 11.5 Å². The molecular formula is C19H16O5. The number of esters is 1. The van der Waals surface area contributed by atoms with E-state index in [0.717, 1.165) is 17.4 Å². The van der Waals surface area contributed by atoms with E-state index in [4.69, 9.17) is 9.47 Å². The summed E-state index contributed by atoms with van der Waals surface area (Å²) in [6, 6.07) is 13.9. The topological polar surface area (TPSA) is 61.8 Å². The van der Waals surface area contributed by atoms with Gasteiger partial charge < -0.3 is 14.2 Å². The zero-order valence-corrected chi connectivity index (χ0v) is 13.2. The third kappa shape index (κ3) is 4.58. The Balaban J connectivity index is 2.06. The third-order valence-electron chi connectivity index (χ3n) is 2.98. The molecule has 0 aromatic heterocycles. The third-order valence-corrected chi connectivity index (χ3v) is 2.98. The van der Waals surface area contributed by atoms with E-state index in [9.17, 15) is 9.59 Å². The Labute approximate surface area is 139 Å². The lowest BCUT2D eigenvalue weighted by Crippen LogP contribution is -2.07. The fourth-order valence-corrected chi connectivity index (χ4v) is 1.81. The Bertz CT molecular complexity index is 757. The number of hydrogen-bond acceptors (Lipinski definition) is 5. The average Bonchev–Trinajstić information content (AvgIpc) is 2.56. The van der Waals surface area contributed by atoms with Crippen LogP contribution in [-0.2, 0) is 9.53 Å². The molecular weight excluding hydrogens is 308 g/mol. The molecule has 0 bridgehead atoms. The quantitative estimate of drug-likeness (QED) is 0.266. The van der Waals surface area contributed by atoms with Crippen LogP contribution in [0, 0.1) is 0 Å². The van der Waals surface area contributed by atoms with E-state index in [-0.39, 0.29) is 0 Å². The summed E-state index contributed by atoms with van der Waals surface area (Å²) in [5.41, 5.74) is 2.17. The van der Waals surface area contributed by atoms with Crippen LogP contribution >= 0.6 is 0 Å². The van der Waals surface area contributed by atoms with Gasteiger partial charge in [0.1, 0.15) is 11.5 Å².